The van der Waals surface area contributed by atoms with Gasteiger partial charge in [-0.15, -0.1) is 0 Å². The first kappa shape index (κ1) is 14.1. The van der Waals surface area contributed by atoms with Crippen LogP contribution >= 0.6 is 0 Å². The molecule has 0 aliphatic heterocycles. The van der Waals surface area contributed by atoms with E-state index in [-0.39, 0.29) is 6.61 Å². The first-order valence-corrected chi connectivity index (χ1v) is 5.05. The quantitative estimate of drug-likeness (QED) is 0.370. The highest BCUT2D eigenvalue weighted by Crippen LogP contribution is 2.13. The molecule has 0 aromatic heterocycles. The van der Waals surface area contributed by atoms with Gasteiger partial charge in [-0.25, -0.2) is 4.79 Å². The number of ether oxygens (including phenoxy) is 3. The van der Waals surface area contributed by atoms with Crippen LogP contribution in [0.25, 0.3) is 0 Å². The van der Waals surface area contributed by atoms with Gasteiger partial charge in [0.1, 0.15) is 6.61 Å². The molecule has 0 atom stereocenters. The molecule has 88 valence electrons. The van der Waals surface area contributed by atoms with Gasteiger partial charge in [0, 0.05) is 18.8 Å². The molecule has 4 heteroatoms. The molecule has 0 aliphatic carbocycles. The van der Waals surface area contributed by atoms with Gasteiger partial charge in [-0.3, -0.25) is 0 Å². The lowest BCUT2D eigenvalue weighted by Crippen LogP contribution is -2.38. The molecule has 0 bridgehead atoms. The second kappa shape index (κ2) is 6.58. The highest BCUT2D eigenvalue weighted by molar-refractivity contribution is 5.86. The summed E-state index contributed by atoms with van der Waals surface area (Å²) < 4.78 is 15.7. The van der Waals surface area contributed by atoms with Crippen LogP contribution in [0.2, 0.25) is 0 Å². The predicted molar refractivity (Wildman–Crippen MR) is 57.4 cm³/mol. The van der Waals surface area contributed by atoms with Gasteiger partial charge in [-0.2, -0.15) is 0 Å². The second-order valence-corrected chi connectivity index (χ2v) is 3.36. The smallest absolute Gasteiger partial charge is 0.333 e. The van der Waals surface area contributed by atoms with Crippen LogP contribution in [-0.2, 0) is 19.0 Å². The van der Waals surface area contributed by atoms with E-state index < -0.39 is 11.8 Å². The van der Waals surface area contributed by atoms with Crippen molar-refractivity contribution in [3.05, 3.63) is 12.2 Å². The van der Waals surface area contributed by atoms with Crippen molar-refractivity contribution >= 4 is 5.97 Å². The van der Waals surface area contributed by atoms with Gasteiger partial charge >= 0.3 is 5.97 Å². The number of rotatable bonds is 7. The SMILES string of the molecule is C=C(C)C(=O)OCC(C)(OCC)OCC. The fourth-order valence-corrected chi connectivity index (χ4v) is 1.06. The molecule has 0 fully saturated rings. The highest BCUT2D eigenvalue weighted by Gasteiger charge is 2.27. The summed E-state index contributed by atoms with van der Waals surface area (Å²) in [6.07, 6.45) is 0. The molecular weight excluding hydrogens is 196 g/mol. The van der Waals surface area contributed by atoms with Crippen molar-refractivity contribution in [2.24, 2.45) is 0 Å². The Balaban J connectivity index is 4.17. The molecule has 0 heterocycles. The van der Waals surface area contributed by atoms with Crippen molar-refractivity contribution in [3.8, 4) is 0 Å². The minimum Gasteiger partial charge on any atom is -0.457 e. The summed E-state index contributed by atoms with van der Waals surface area (Å²) >= 11 is 0. The summed E-state index contributed by atoms with van der Waals surface area (Å²) in [5, 5.41) is 0. The molecular formula is C11H20O4. The Morgan fingerprint density at radius 2 is 1.73 bits per heavy atom. The van der Waals surface area contributed by atoms with Crippen LogP contribution in [0.5, 0.6) is 0 Å². The van der Waals surface area contributed by atoms with Gasteiger partial charge in [0.2, 0.25) is 0 Å². The third-order valence-electron chi connectivity index (χ3n) is 1.71. The molecule has 0 rings (SSSR count). The van der Waals surface area contributed by atoms with Gasteiger partial charge in [0.25, 0.3) is 0 Å². The fourth-order valence-electron chi connectivity index (χ4n) is 1.06. The summed E-state index contributed by atoms with van der Waals surface area (Å²) in [4.78, 5) is 11.2. The molecule has 0 spiro atoms. The van der Waals surface area contributed by atoms with Crippen molar-refractivity contribution in [2.45, 2.75) is 33.5 Å². The standard InChI is InChI=1S/C11H20O4/c1-6-14-11(5,15-7-2)8-13-10(12)9(3)4/h3,6-8H2,1-2,4-5H3. The van der Waals surface area contributed by atoms with Crippen LogP contribution in [0.15, 0.2) is 12.2 Å². The first-order chi connectivity index (χ1) is 6.95. The topological polar surface area (TPSA) is 44.8 Å². The third-order valence-corrected chi connectivity index (χ3v) is 1.71. The largest absolute Gasteiger partial charge is 0.457 e. The molecule has 0 aromatic rings. The van der Waals surface area contributed by atoms with Crippen molar-refractivity contribution in [1.29, 1.82) is 0 Å². The maximum Gasteiger partial charge on any atom is 0.333 e. The van der Waals surface area contributed by atoms with Crippen molar-refractivity contribution in [1.82, 2.24) is 0 Å². The van der Waals surface area contributed by atoms with E-state index in [9.17, 15) is 4.79 Å². The Bertz CT molecular complexity index is 217. The first-order valence-electron chi connectivity index (χ1n) is 5.05. The number of hydrogen-bond donors (Lipinski definition) is 0. The Hall–Kier alpha value is -0.870. The van der Waals surface area contributed by atoms with E-state index in [1.807, 2.05) is 13.8 Å². The van der Waals surface area contributed by atoms with Gasteiger partial charge < -0.3 is 14.2 Å². The van der Waals surface area contributed by atoms with Crippen LogP contribution in [-0.4, -0.2) is 31.6 Å². The lowest BCUT2D eigenvalue weighted by atomic mass is 10.3. The van der Waals surface area contributed by atoms with Gasteiger partial charge in [0.15, 0.2) is 5.79 Å². The minimum absolute atomic E-state index is 0.0698. The van der Waals surface area contributed by atoms with E-state index in [0.717, 1.165) is 0 Å². The van der Waals surface area contributed by atoms with Crippen LogP contribution in [0.4, 0.5) is 0 Å². The Morgan fingerprint density at radius 1 is 1.27 bits per heavy atom. The maximum atomic E-state index is 11.2. The van der Waals surface area contributed by atoms with Crippen molar-refractivity contribution in [2.75, 3.05) is 19.8 Å². The normalized spacial score (nSPS) is 11.2. The van der Waals surface area contributed by atoms with E-state index in [0.29, 0.717) is 18.8 Å². The monoisotopic (exact) mass is 216 g/mol. The number of esters is 1. The van der Waals surface area contributed by atoms with Crippen LogP contribution in [0.3, 0.4) is 0 Å². The minimum atomic E-state index is -0.866. The molecule has 0 saturated carbocycles. The van der Waals surface area contributed by atoms with E-state index in [2.05, 4.69) is 6.58 Å². The molecule has 4 nitrogen and oxygen atoms in total. The Morgan fingerprint density at radius 3 is 2.07 bits per heavy atom. The van der Waals surface area contributed by atoms with Crippen LogP contribution in [0.1, 0.15) is 27.7 Å². The molecule has 0 radical (unpaired) electrons. The molecule has 0 unspecified atom stereocenters. The second-order valence-electron chi connectivity index (χ2n) is 3.36. The molecule has 0 saturated heterocycles. The molecule has 0 amide bonds. The van der Waals surface area contributed by atoms with Gasteiger partial charge in [-0.05, 0) is 27.7 Å². The van der Waals surface area contributed by atoms with Crippen LogP contribution in [0, 0.1) is 0 Å². The number of carbonyl (C=O) groups excluding carboxylic acids is 1. The number of carbonyl (C=O) groups is 1. The zero-order valence-corrected chi connectivity index (χ0v) is 9.96. The average Bonchev–Trinajstić information content (AvgIpc) is 2.15. The van der Waals surface area contributed by atoms with Crippen LogP contribution < -0.4 is 0 Å². The van der Waals surface area contributed by atoms with Gasteiger partial charge in [-0.1, -0.05) is 6.58 Å². The zero-order chi connectivity index (χ0) is 11.9. The zero-order valence-electron chi connectivity index (χ0n) is 9.96. The number of hydrogen-bond acceptors (Lipinski definition) is 4. The summed E-state index contributed by atoms with van der Waals surface area (Å²) in [7, 11) is 0. The molecule has 0 N–H and O–H groups in total. The fraction of sp³-hybridized carbons (Fsp3) is 0.727. The Kier molecular flexibility index (Phi) is 6.20. The van der Waals surface area contributed by atoms with E-state index in [1.54, 1.807) is 13.8 Å². The highest BCUT2D eigenvalue weighted by atomic mass is 16.7. The lowest BCUT2D eigenvalue weighted by molar-refractivity contribution is -0.243. The summed E-state index contributed by atoms with van der Waals surface area (Å²) in [6.45, 7) is 11.6. The summed E-state index contributed by atoms with van der Waals surface area (Å²) in [6, 6.07) is 0. The lowest BCUT2D eigenvalue weighted by Gasteiger charge is -2.28. The van der Waals surface area contributed by atoms with E-state index in [4.69, 9.17) is 14.2 Å². The van der Waals surface area contributed by atoms with Crippen molar-refractivity contribution in [3.63, 3.8) is 0 Å². The van der Waals surface area contributed by atoms with E-state index in [1.165, 1.54) is 0 Å². The van der Waals surface area contributed by atoms with E-state index >= 15 is 0 Å². The van der Waals surface area contributed by atoms with Gasteiger partial charge in [0.05, 0.1) is 0 Å². The average molecular weight is 216 g/mol. The molecule has 0 aliphatic rings. The summed E-state index contributed by atoms with van der Waals surface area (Å²) in [5.41, 5.74) is 0.366. The molecule has 15 heavy (non-hydrogen) atoms. The molecule has 0 aromatic carbocycles. The summed E-state index contributed by atoms with van der Waals surface area (Å²) in [5.74, 6) is -1.30. The third kappa shape index (κ3) is 5.54. The Labute approximate surface area is 91.2 Å². The maximum absolute atomic E-state index is 11.2. The van der Waals surface area contributed by atoms with Crippen molar-refractivity contribution < 1.29 is 19.0 Å². The predicted octanol–water partition coefficient (Wildman–Crippen LogP) is 1.89.